The van der Waals surface area contributed by atoms with Crippen LogP contribution in [0, 0.1) is 19.8 Å². The summed E-state index contributed by atoms with van der Waals surface area (Å²) in [5.74, 6) is -0.790. The molecule has 1 N–H and O–H groups in total. The molecule has 182 valence electrons. The minimum absolute atomic E-state index is 0.0516. The van der Waals surface area contributed by atoms with E-state index in [-0.39, 0.29) is 24.1 Å². The zero-order chi connectivity index (χ0) is 24.3. The maximum absolute atomic E-state index is 13.0. The van der Waals surface area contributed by atoms with Gasteiger partial charge in [0.1, 0.15) is 0 Å². The summed E-state index contributed by atoms with van der Waals surface area (Å²) in [7, 11) is 0. The summed E-state index contributed by atoms with van der Waals surface area (Å²) in [6.45, 7) is 3.40. The monoisotopic (exact) mass is 473 g/mol. The van der Waals surface area contributed by atoms with Crippen molar-refractivity contribution in [1.29, 1.82) is 0 Å². The number of nitrogens with one attached hydrogen (secondary N) is 1. The minimum Gasteiger partial charge on any atom is -0.349 e. The van der Waals surface area contributed by atoms with E-state index < -0.39 is 12.0 Å². The van der Waals surface area contributed by atoms with Gasteiger partial charge in [0.2, 0.25) is 5.91 Å². The van der Waals surface area contributed by atoms with Crippen LogP contribution in [0.5, 0.6) is 0 Å². The van der Waals surface area contributed by atoms with Crippen LogP contribution in [0.2, 0.25) is 0 Å². The Morgan fingerprint density at radius 3 is 2.50 bits per heavy atom. The van der Waals surface area contributed by atoms with Crippen LogP contribution in [0.4, 0.5) is 13.2 Å². The van der Waals surface area contributed by atoms with Gasteiger partial charge in [-0.25, -0.2) is 9.50 Å². The van der Waals surface area contributed by atoms with Crippen molar-refractivity contribution in [3.63, 3.8) is 0 Å². The molecule has 4 rings (SSSR count). The van der Waals surface area contributed by atoms with Crippen molar-refractivity contribution in [2.45, 2.75) is 77.4 Å². The van der Waals surface area contributed by atoms with Gasteiger partial charge in [-0.3, -0.25) is 4.79 Å². The Bertz CT molecular complexity index is 1140. The second kappa shape index (κ2) is 10.1. The lowest BCUT2D eigenvalue weighted by Crippen LogP contribution is -2.30. The van der Waals surface area contributed by atoms with E-state index >= 15 is 0 Å². The first-order valence-electron chi connectivity index (χ1n) is 11.9. The topological polar surface area (TPSA) is 72.2 Å². The highest BCUT2D eigenvalue weighted by Crippen LogP contribution is 2.32. The molecule has 0 aliphatic heterocycles. The van der Waals surface area contributed by atoms with E-state index in [1.54, 1.807) is 13.8 Å². The SMILES string of the molecule is Cc1nc2nc(C(F)(F)F)nn2c(C)c1CCC(=O)NC(CC1CCCCC1)c1ccccc1. The van der Waals surface area contributed by atoms with Gasteiger partial charge < -0.3 is 5.32 Å². The molecule has 6 nitrogen and oxygen atoms in total. The van der Waals surface area contributed by atoms with E-state index in [0.29, 0.717) is 29.3 Å². The van der Waals surface area contributed by atoms with Crippen molar-refractivity contribution in [3.8, 4) is 0 Å². The molecule has 0 bridgehead atoms. The highest BCUT2D eigenvalue weighted by atomic mass is 19.4. The van der Waals surface area contributed by atoms with Crippen LogP contribution in [0.15, 0.2) is 30.3 Å². The van der Waals surface area contributed by atoms with Crippen molar-refractivity contribution in [2.75, 3.05) is 0 Å². The summed E-state index contributed by atoms with van der Waals surface area (Å²) in [5.41, 5.74) is 2.88. The third kappa shape index (κ3) is 5.56. The number of hydrogen-bond acceptors (Lipinski definition) is 4. The van der Waals surface area contributed by atoms with Gasteiger partial charge in [0.25, 0.3) is 11.6 Å². The van der Waals surface area contributed by atoms with Crippen LogP contribution >= 0.6 is 0 Å². The molecule has 1 amide bonds. The van der Waals surface area contributed by atoms with Crippen LogP contribution in [-0.2, 0) is 17.4 Å². The highest BCUT2D eigenvalue weighted by molar-refractivity contribution is 5.76. The number of carbonyl (C=O) groups excluding carboxylic acids is 1. The smallest absolute Gasteiger partial charge is 0.349 e. The molecule has 3 aromatic rings. The Hall–Kier alpha value is -2.97. The largest absolute Gasteiger partial charge is 0.453 e. The number of amides is 1. The number of fused-ring (bicyclic) bond motifs is 1. The number of rotatable bonds is 7. The first-order valence-corrected chi connectivity index (χ1v) is 11.9. The normalized spacial score (nSPS) is 16.0. The number of nitrogens with zero attached hydrogens (tertiary/aromatic N) is 4. The van der Waals surface area contributed by atoms with E-state index in [2.05, 4.69) is 20.4 Å². The first kappa shape index (κ1) is 24.2. The van der Waals surface area contributed by atoms with E-state index in [1.807, 2.05) is 30.3 Å². The van der Waals surface area contributed by atoms with Crippen LogP contribution in [0.1, 0.15) is 79.3 Å². The van der Waals surface area contributed by atoms with Gasteiger partial charge in [-0.2, -0.15) is 18.2 Å². The van der Waals surface area contributed by atoms with E-state index in [0.717, 1.165) is 16.5 Å². The van der Waals surface area contributed by atoms with E-state index in [1.165, 1.54) is 32.1 Å². The summed E-state index contributed by atoms with van der Waals surface area (Å²) in [5, 5.41) is 6.79. The third-order valence-corrected chi connectivity index (χ3v) is 6.74. The van der Waals surface area contributed by atoms with Gasteiger partial charge in [-0.1, -0.05) is 62.4 Å². The van der Waals surface area contributed by atoms with Crippen molar-refractivity contribution in [2.24, 2.45) is 5.92 Å². The Morgan fingerprint density at radius 1 is 1.12 bits per heavy atom. The van der Waals surface area contributed by atoms with Crippen LogP contribution < -0.4 is 5.32 Å². The molecule has 1 saturated carbocycles. The van der Waals surface area contributed by atoms with Crippen LogP contribution in [0.3, 0.4) is 0 Å². The Kier molecular flexibility index (Phi) is 7.19. The number of carbonyl (C=O) groups is 1. The Balaban J connectivity index is 1.47. The molecule has 1 aromatic carbocycles. The van der Waals surface area contributed by atoms with Gasteiger partial charge in [-0.05, 0) is 43.7 Å². The average molecular weight is 474 g/mol. The molecule has 2 heterocycles. The summed E-state index contributed by atoms with van der Waals surface area (Å²) < 4.78 is 40.2. The predicted molar refractivity (Wildman–Crippen MR) is 122 cm³/mol. The van der Waals surface area contributed by atoms with Gasteiger partial charge in [-0.15, -0.1) is 5.10 Å². The molecule has 0 saturated heterocycles. The summed E-state index contributed by atoms with van der Waals surface area (Å²) >= 11 is 0. The molecule has 1 atom stereocenters. The Labute approximate surface area is 197 Å². The number of aromatic nitrogens is 4. The lowest BCUT2D eigenvalue weighted by Gasteiger charge is -2.27. The zero-order valence-corrected chi connectivity index (χ0v) is 19.5. The molecule has 34 heavy (non-hydrogen) atoms. The summed E-state index contributed by atoms with van der Waals surface area (Å²) in [6.07, 6.45) is 3.01. The zero-order valence-electron chi connectivity index (χ0n) is 19.5. The number of aryl methyl sites for hydroxylation is 2. The van der Waals surface area contributed by atoms with Crippen molar-refractivity contribution < 1.29 is 18.0 Å². The van der Waals surface area contributed by atoms with Crippen molar-refractivity contribution in [1.82, 2.24) is 24.9 Å². The lowest BCUT2D eigenvalue weighted by molar-refractivity contribution is -0.144. The number of hydrogen-bond donors (Lipinski definition) is 1. The third-order valence-electron chi connectivity index (χ3n) is 6.74. The average Bonchev–Trinajstić information content (AvgIpc) is 3.25. The number of halogens is 3. The molecule has 1 aliphatic carbocycles. The quantitative estimate of drug-likeness (QED) is 0.490. The number of benzene rings is 1. The molecular weight excluding hydrogens is 443 g/mol. The Morgan fingerprint density at radius 2 is 1.82 bits per heavy atom. The van der Waals surface area contributed by atoms with E-state index in [4.69, 9.17) is 0 Å². The number of alkyl halides is 3. The summed E-state index contributed by atoms with van der Waals surface area (Å²) in [6, 6.07) is 9.97. The van der Waals surface area contributed by atoms with Crippen LogP contribution in [-0.4, -0.2) is 25.5 Å². The molecule has 2 aromatic heterocycles. The highest BCUT2D eigenvalue weighted by Gasteiger charge is 2.37. The second-order valence-corrected chi connectivity index (χ2v) is 9.18. The van der Waals surface area contributed by atoms with Gasteiger partial charge in [0.05, 0.1) is 6.04 Å². The lowest BCUT2D eigenvalue weighted by atomic mass is 9.83. The van der Waals surface area contributed by atoms with Gasteiger partial charge in [0, 0.05) is 17.8 Å². The predicted octanol–water partition coefficient (Wildman–Crippen LogP) is 5.52. The molecule has 9 heteroatoms. The van der Waals surface area contributed by atoms with Gasteiger partial charge >= 0.3 is 6.18 Å². The fourth-order valence-electron chi connectivity index (χ4n) is 4.92. The van der Waals surface area contributed by atoms with Crippen molar-refractivity contribution in [3.05, 3.63) is 58.7 Å². The van der Waals surface area contributed by atoms with Crippen molar-refractivity contribution >= 4 is 11.7 Å². The molecule has 0 radical (unpaired) electrons. The second-order valence-electron chi connectivity index (χ2n) is 9.18. The standard InChI is InChI=1S/C25H30F3N5O/c1-16-20(17(2)33-24(29-16)31-23(32-33)25(26,27)28)13-14-22(34)30-21(19-11-7-4-8-12-19)15-18-9-5-3-6-10-18/h4,7-8,11-12,18,21H,3,5-6,9-10,13-15H2,1-2H3,(H,30,34). The maximum atomic E-state index is 13.0. The molecule has 1 fully saturated rings. The molecular formula is C25H30F3N5O. The molecule has 1 aliphatic rings. The molecule has 0 spiro atoms. The maximum Gasteiger partial charge on any atom is 0.453 e. The fraction of sp³-hybridized carbons (Fsp3) is 0.520. The van der Waals surface area contributed by atoms with Gasteiger partial charge in [0.15, 0.2) is 0 Å². The first-order chi connectivity index (χ1) is 16.2. The minimum atomic E-state index is -4.64. The summed E-state index contributed by atoms with van der Waals surface area (Å²) in [4.78, 5) is 20.6. The molecule has 1 unspecified atom stereocenters. The fourth-order valence-corrected chi connectivity index (χ4v) is 4.92. The van der Waals surface area contributed by atoms with E-state index in [9.17, 15) is 18.0 Å². The van der Waals surface area contributed by atoms with Crippen LogP contribution in [0.25, 0.3) is 5.78 Å².